The molecule has 96 valence electrons. The number of aromatic nitrogens is 2. The lowest BCUT2D eigenvalue weighted by Gasteiger charge is -2.21. The van der Waals surface area contributed by atoms with Crippen LogP contribution in [0.15, 0.2) is 48.9 Å². The molecule has 0 saturated heterocycles. The largest absolute Gasteiger partial charge is 0.330 e. The van der Waals surface area contributed by atoms with Gasteiger partial charge in [-0.25, -0.2) is 0 Å². The highest BCUT2D eigenvalue weighted by Crippen LogP contribution is 2.29. The van der Waals surface area contributed by atoms with Crippen LogP contribution in [-0.4, -0.2) is 26.8 Å². The van der Waals surface area contributed by atoms with E-state index >= 15 is 0 Å². The van der Waals surface area contributed by atoms with Crippen LogP contribution in [0.5, 0.6) is 0 Å². The van der Waals surface area contributed by atoms with Gasteiger partial charge in [0, 0.05) is 31.2 Å². The molecule has 3 rings (SSSR count). The van der Waals surface area contributed by atoms with E-state index in [0.29, 0.717) is 18.3 Å². The topological polar surface area (TPSA) is 46.1 Å². The van der Waals surface area contributed by atoms with E-state index in [0.717, 1.165) is 18.4 Å². The molecule has 1 aliphatic carbocycles. The van der Waals surface area contributed by atoms with Gasteiger partial charge in [0.25, 0.3) is 5.91 Å². The highest BCUT2D eigenvalue weighted by molar-refractivity contribution is 5.92. The van der Waals surface area contributed by atoms with Gasteiger partial charge in [0.2, 0.25) is 0 Å². The Morgan fingerprint density at radius 2 is 2.11 bits per heavy atom. The second kappa shape index (κ2) is 5.18. The maximum absolute atomic E-state index is 12.5. The average molecular weight is 253 g/mol. The van der Waals surface area contributed by atoms with Crippen LogP contribution in [0.4, 0.5) is 0 Å². The Labute approximate surface area is 112 Å². The molecule has 1 fully saturated rings. The van der Waals surface area contributed by atoms with E-state index < -0.39 is 0 Å². The molecule has 4 nitrogen and oxygen atoms in total. The fourth-order valence-corrected chi connectivity index (χ4v) is 2.08. The zero-order valence-corrected chi connectivity index (χ0v) is 10.6. The Morgan fingerprint density at radius 3 is 2.74 bits per heavy atom. The molecule has 19 heavy (non-hydrogen) atoms. The molecule has 0 N–H and O–H groups in total. The van der Waals surface area contributed by atoms with Crippen molar-refractivity contribution in [3.63, 3.8) is 0 Å². The highest BCUT2D eigenvalue weighted by Gasteiger charge is 2.33. The van der Waals surface area contributed by atoms with Gasteiger partial charge < -0.3 is 4.90 Å². The summed E-state index contributed by atoms with van der Waals surface area (Å²) in [5.74, 6) is 0.00644. The fourth-order valence-electron chi connectivity index (χ4n) is 2.08. The Balaban J connectivity index is 1.80. The van der Waals surface area contributed by atoms with Gasteiger partial charge in [-0.1, -0.05) is 12.1 Å². The standard InChI is InChI=1S/C15H15N3O/c19-15(14-5-1-2-9-17-14)18(13-6-7-13)11-12-4-3-8-16-10-12/h1-5,8-10,13H,6-7,11H2. The summed E-state index contributed by atoms with van der Waals surface area (Å²) in [6.07, 6.45) is 7.37. The summed E-state index contributed by atoms with van der Waals surface area (Å²) >= 11 is 0. The molecule has 0 radical (unpaired) electrons. The van der Waals surface area contributed by atoms with Crippen molar-refractivity contribution in [1.82, 2.24) is 14.9 Å². The molecular weight excluding hydrogens is 238 g/mol. The minimum atomic E-state index is 0.00644. The number of pyridine rings is 2. The Hall–Kier alpha value is -2.23. The second-order valence-electron chi connectivity index (χ2n) is 4.74. The van der Waals surface area contributed by atoms with Crippen molar-refractivity contribution < 1.29 is 4.79 Å². The summed E-state index contributed by atoms with van der Waals surface area (Å²) in [6, 6.07) is 9.67. The lowest BCUT2D eigenvalue weighted by atomic mass is 10.2. The third-order valence-corrected chi connectivity index (χ3v) is 3.21. The minimum absolute atomic E-state index is 0.00644. The van der Waals surface area contributed by atoms with Crippen LogP contribution in [0, 0.1) is 0 Å². The summed E-state index contributed by atoms with van der Waals surface area (Å²) < 4.78 is 0. The molecule has 1 amide bonds. The van der Waals surface area contributed by atoms with Crippen molar-refractivity contribution in [2.45, 2.75) is 25.4 Å². The molecule has 1 saturated carbocycles. The van der Waals surface area contributed by atoms with Crippen molar-refractivity contribution >= 4 is 5.91 Å². The van der Waals surface area contributed by atoms with Crippen LogP contribution in [0.3, 0.4) is 0 Å². The predicted octanol–water partition coefficient (Wildman–Crippen LogP) is 2.28. The van der Waals surface area contributed by atoms with E-state index in [1.807, 2.05) is 29.2 Å². The number of rotatable bonds is 4. The Kier molecular flexibility index (Phi) is 3.23. The molecule has 0 spiro atoms. The quantitative estimate of drug-likeness (QED) is 0.839. The fraction of sp³-hybridized carbons (Fsp3) is 0.267. The monoisotopic (exact) mass is 253 g/mol. The normalized spacial score (nSPS) is 14.1. The molecule has 4 heteroatoms. The van der Waals surface area contributed by atoms with Gasteiger partial charge in [0.05, 0.1) is 0 Å². The minimum Gasteiger partial charge on any atom is -0.330 e. The molecule has 0 aromatic carbocycles. The first-order valence-electron chi connectivity index (χ1n) is 6.45. The third kappa shape index (κ3) is 2.78. The van der Waals surface area contributed by atoms with Crippen LogP contribution in [-0.2, 0) is 6.54 Å². The maximum Gasteiger partial charge on any atom is 0.272 e. The molecule has 2 aromatic rings. The number of amides is 1. The van der Waals surface area contributed by atoms with E-state index in [2.05, 4.69) is 9.97 Å². The lowest BCUT2D eigenvalue weighted by Crippen LogP contribution is -2.33. The smallest absolute Gasteiger partial charge is 0.272 e. The summed E-state index contributed by atoms with van der Waals surface area (Å²) in [6.45, 7) is 0.605. The van der Waals surface area contributed by atoms with Gasteiger partial charge in [0.1, 0.15) is 5.69 Å². The van der Waals surface area contributed by atoms with Crippen LogP contribution in [0.2, 0.25) is 0 Å². The summed E-state index contributed by atoms with van der Waals surface area (Å²) in [7, 11) is 0. The van der Waals surface area contributed by atoms with Crippen molar-refractivity contribution in [1.29, 1.82) is 0 Å². The summed E-state index contributed by atoms with van der Waals surface area (Å²) in [5.41, 5.74) is 1.57. The second-order valence-corrected chi connectivity index (χ2v) is 4.74. The van der Waals surface area contributed by atoms with Crippen LogP contribution < -0.4 is 0 Å². The Bertz CT molecular complexity index is 552. The van der Waals surface area contributed by atoms with Crippen molar-refractivity contribution in [2.24, 2.45) is 0 Å². The molecule has 1 aliphatic rings. The van der Waals surface area contributed by atoms with E-state index in [-0.39, 0.29) is 5.91 Å². The summed E-state index contributed by atoms with van der Waals surface area (Å²) in [5, 5.41) is 0. The zero-order valence-electron chi connectivity index (χ0n) is 10.6. The van der Waals surface area contributed by atoms with E-state index in [4.69, 9.17) is 0 Å². The van der Waals surface area contributed by atoms with Crippen molar-refractivity contribution in [3.05, 3.63) is 60.2 Å². The lowest BCUT2D eigenvalue weighted by molar-refractivity contribution is 0.0724. The molecule has 0 bridgehead atoms. The zero-order chi connectivity index (χ0) is 13.1. The molecule has 0 atom stereocenters. The van der Waals surface area contributed by atoms with Gasteiger partial charge >= 0.3 is 0 Å². The predicted molar refractivity (Wildman–Crippen MR) is 71.4 cm³/mol. The van der Waals surface area contributed by atoms with Crippen LogP contribution in [0.25, 0.3) is 0 Å². The molecule has 0 unspecified atom stereocenters. The summed E-state index contributed by atoms with van der Waals surface area (Å²) in [4.78, 5) is 22.6. The maximum atomic E-state index is 12.5. The van der Waals surface area contributed by atoms with Gasteiger partial charge in [-0.15, -0.1) is 0 Å². The Morgan fingerprint density at radius 1 is 1.21 bits per heavy atom. The van der Waals surface area contributed by atoms with Gasteiger partial charge in [-0.05, 0) is 36.6 Å². The van der Waals surface area contributed by atoms with Crippen molar-refractivity contribution in [2.75, 3.05) is 0 Å². The van der Waals surface area contributed by atoms with Crippen LogP contribution >= 0.6 is 0 Å². The first-order valence-corrected chi connectivity index (χ1v) is 6.45. The molecule has 2 aromatic heterocycles. The molecule has 0 aliphatic heterocycles. The number of hydrogen-bond acceptors (Lipinski definition) is 3. The van der Waals surface area contributed by atoms with Gasteiger partial charge in [0.15, 0.2) is 0 Å². The van der Waals surface area contributed by atoms with Gasteiger partial charge in [-0.2, -0.15) is 0 Å². The highest BCUT2D eigenvalue weighted by atomic mass is 16.2. The SMILES string of the molecule is O=C(c1ccccn1)N(Cc1cccnc1)C1CC1. The molecular formula is C15H15N3O. The first kappa shape index (κ1) is 11.8. The first-order chi connectivity index (χ1) is 9.34. The van der Waals surface area contributed by atoms with Crippen LogP contribution in [0.1, 0.15) is 28.9 Å². The van der Waals surface area contributed by atoms with Gasteiger partial charge in [-0.3, -0.25) is 14.8 Å². The third-order valence-electron chi connectivity index (χ3n) is 3.21. The molecule has 2 heterocycles. The number of carbonyl (C=O) groups is 1. The number of carbonyl (C=O) groups excluding carboxylic acids is 1. The number of hydrogen-bond donors (Lipinski definition) is 0. The van der Waals surface area contributed by atoms with Crippen molar-refractivity contribution in [3.8, 4) is 0 Å². The number of nitrogens with zero attached hydrogens (tertiary/aromatic N) is 3. The van der Waals surface area contributed by atoms with E-state index in [9.17, 15) is 4.79 Å². The average Bonchev–Trinajstić information content (AvgIpc) is 3.31. The van der Waals surface area contributed by atoms with E-state index in [1.165, 1.54) is 0 Å². The van der Waals surface area contributed by atoms with E-state index in [1.54, 1.807) is 24.7 Å².